The van der Waals surface area contributed by atoms with Crippen molar-refractivity contribution >= 4 is 11.6 Å². The number of ether oxygens (including phenoxy) is 1. The van der Waals surface area contributed by atoms with E-state index in [0.29, 0.717) is 18.7 Å². The molecule has 1 N–H and O–H groups in total. The predicted octanol–water partition coefficient (Wildman–Crippen LogP) is 2.40. The van der Waals surface area contributed by atoms with Gasteiger partial charge in [0.2, 0.25) is 0 Å². The highest BCUT2D eigenvalue weighted by molar-refractivity contribution is 5.99. The Bertz CT molecular complexity index is 421. The van der Waals surface area contributed by atoms with Gasteiger partial charge in [-0.05, 0) is 26.3 Å². The highest BCUT2D eigenvalue weighted by Crippen LogP contribution is 2.17. The highest BCUT2D eigenvalue weighted by atomic mass is 16.5. The maximum absolute atomic E-state index is 12.7. The summed E-state index contributed by atoms with van der Waals surface area (Å²) < 4.78 is 5.08. The molecule has 0 aromatic carbocycles. The number of hydrogen-bond donors (Lipinski definition) is 1. The van der Waals surface area contributed by atoms with E-state index in [1.807, 2.05) is 19.9 Å². The number of nitrogens with one attached hydrogen (secondary N) is 1. The average Bonchev–Trinajstić information content (AvgIpc) is 2.45. The molecule has 1 heterocycles. The van der Waals surface area contributed by atoms with E-state index in [4.69, 9.17) is 4.74 Å². The van der Waals surface area contributed by atoms with Crippen molar-refractivity contribution in [3.8, 4) is 0 Å². The van der Waals surface area contributed by atoms with Gasteiger partial charge in [0, 0.05) is 38.6 Å². The summed E-state index contributed by atoms with van der Waals surface area (Å²) in [7, 11) is 1.64. The van der Waals surface area contributed by atoms with Crippen LogP contribution in [0.5, 0.6) is 0 Å². The van der Waals surface area contributed by atoms with Gasteiger partial charge in [-0.25, -0.2) is 0 Å². The van der Waals surface area contributed by atoms with Gasteiger partial charge in [0.15, 0.2) is 0 Å². The van der Waals surface area contributed by atoms with Crippen molar-refractivity contribution in [2.45, 2.75) is 33.2 Å². The smallest absolute Gasteiger partial charge is 0.257 e. The second-order valence-corrected chi connectivity index (χ2v) is 4.93. The standard InChI is InChI=1S/C15H25N3O2/c1-5-7-17-14-6-8-16-11-13(14)15(19)18(12(2)3)9-10-20-4/h6,8,11-12H,5,7,9-10H2,1-4H3,(H,16,17). The zero-order chi connectivity index (χ0) is 15.0. The number of amides is 1. The van der Waals surface area contributed by atoms with E-state index in [1.54, 1.807) is 24.4 Å². The third-order valence-corrected chi connectivity index (χ3v) is 3.04. The van der Waals surface area contributed by atoms with Crippen LogP contribution in [-0.4, -0.2) is 48.6 Å². The van der Waals surface area contributed by atoms with Crippen molar-refractivity contribution < 1.29 is 9.53 Å². The molecule has 1 amide bonds. The molecule has 5 heteroatoms. The minimum absolute atomic E-state index is 0.0104. The minimum Gasteiger partial charge on any atom is -0.384 e. The van der Waals surface area contributed by atoms with E-state index in [2.05, 4.69) is 17.2 Å². The van der Waals surface area contributed by atoms with Crippen molar-refractivity contribution in [1.82, 2.24) is 9.88 Å². The quantitative estimate of drug-likeness (QED) is 0.794. The Morgan fingerprint density at radius 3 is 2.85 bits per heavy atom. The van der Waals surface area contributed by atoms with E-state index in [0.717, 1.165) is 18.7 Å². The Morgan fingerprint density at radius 1 is 1.50 bits per heavy atom. The molecule has 0 radical (unpaired) electrons. The molecular formula is C15H25N3O2. The number of hydrogen-bond acceptors (Lipinski definition) is 4. The lowest BCUT2D eigenvalue weighted by atomic mass is 10.1. The van der Waals surface area contributed by atoms with Crippen molar-refractivity contribution in [3.05, 3.63) is 24.0 Å². The number of carbonyl (C=O) groups excluding carboxylic acids is 1. The van der Waals surface area contributed by atoms with Crippen LogP contribution in [0.1, 0.15) is 37.6 Å². The molecule has 0 bridgehead atoms. The van der Waals surface area contributed by atoms with Gasteiger partial charge in [0.05, 0.1) is 17.9 Å². The summed E-state index contributed by atoms with van der Waals surface area (Å²) in [4.78, 5) is 18.5. The first-order valence-corrected chi connectivity index (χ1v) is 7.09. The monoisotopic (exact) mass is 279 g/mol. The van der Waals surface area contributed by atoms with E-state index in [1.165, 1.54) is 0 Å². The molecule has 1 aromatic heterocycles. The van der Waals surface area contributed by atoms with Crippen LogP contribution in [0.25, 0.3) is 0 Å². The fourth-order valence-electron chi connectivity index (χ4n) is 1.92. The van der Waals surface area contributed by atoms with E-state index < -0.39 is 0 Å². The maximum atomic E-state index is 12.7. The SMILES string of the molecule is CCCNc1ccncc1C(=O)N(CCOC)C(C)C. The van der Waals surface area contributed by atoms with Gasteiger partial charge in [-0.1, -0.05) is 6.92 Å². The topological polar surface area (TPSA) is 54.5 Å². The van der Waals surface area contributed by atoms with Gasteiger partial charge in [-0.3, -0.25) is 9.78 Å². The number of anilines is 1. The number of pyridine rings is 1. The predicted molar refractivity (Wildman–Crippen MR) is 81.1 cm³/mol. The highest BCUT2D eigenvalue weighted by Gasteiger charge is 2.21. The number of aromatic nitrogens is 1. The number of carbonyl (C=O) groups is 1. The fourth-order valence-corrected chi connectivity index (χ4v) is 1.92. The van der Waals surface area contributed by atoms with Crippen LogP contribution in [0.2, 0.25) is 0 Å². The molecule has 0 unspecified atom stereocenters. The van der Waals surface area contributed by atoms with E-state index >= 15 is 0 Å². The second kappa shape index (κ2) is 8.53. The van der Waals surface area contributed by atoms with Gasteiger partial charge in [0.1, 0.15) is 0 Å². The molecule has 0 spiro atoms. The summed E-state index contributed by atoms with van der Waals surface area (Å²) in [6.07, 6.45) is 4.33. The van der Waals surface area contributed by atoms with Crippen molar-refractivity contribution in [2.24, 2.45) is 0 Å². The summed E-state index contributed by atoms with van der Waals surface area (Å²) >= 11 is 0. The molecule has 1 aromatic rings. The third-order valence-electron chi connectivity index (χ3n) is 3.04. The van der Waals surface area contributed by atoms with Gasteiger partial charge in [0.25, 0.3) is 5.91 Å². The summed E-state index contributed by atoms with van der Waals surface area (Å²) in [6.45, 7) is 8.04. The van der Waals surface area contributed by atoms with Gasteiger partial charge >= 0.3 is 0 Å². The first-order valence-electron chi connectivity index (χ1n) is 7.09. The summed E-state index contributed by atoms with van der Waals surface area (Å²) in [6, 6.07) is 1.97. The van der Waals surface area contributed by atoms with E-state index in [9.17, 15) is 4.79 Å². The molecule has 1 rings (SSSR count). The Morgan fingerprint density at radius 2 is 2.25 bits per heavy atom. The molecule has 0 aliphatic heterocycles. The maximum Gasteiger partial charge on any atom is 0.257 e. The Balaban J connectivity index is 2.93. The van der Waals surface area contributed by atoms with Crippen molar-refractivity contribution in [2.75, 3.05) is 32.1 Å². The Kier molecular flexibility index (Phi) is 7.01. The lowest BCUT2D eigenvalue weighted by Crippen LogP contribution is -2.39. The third kappa shape index (κ3) is 4.49. The molecule has 0 saturated heterocycles. The van der Waals surface area contributed by atoms with Crippen LogP contribution in [0.3, 0.4) is 0 Å². The van der Waals surface area contributed by atoms with Crippen LogP contribution < -0.4 is 5.32 Å². The first-order chi connectivity index (χ1) is 9.61. The summed E-state index contributed by atoms with van der Waals surface area (Å²) in [5.41, 5.74) is 1.46. The largest absolute Gasteiger partial charge is 0.384 e. The molecule has 0 fully saturated rings. The van der Waals surface area contributed by atoms with Crippen molar-refractivity contribution in [3.63, 3.8) is 0 Å². The summed E-state index contributed by atoms with van der Waals surface area (Å²) in [5, 5.41) is 3.27. The van der Waals surface area contributed by atoms with Crippen LogP contribution in [-0.2, 0) is 4.74 Å². The molecule has 0 aliphatic rings. The summed E-state index contributed by atoms with van der Waals surface area (Å²) in [5.74, 6) is -0.0104. The van der Waals surface area contributed by atoms with Crippen LogP contribution >= 0.6 is 0 Å². The molecule has 5 nitrogen and oxygen atoms in total. The molecular weight excluding hydrogens is 254 g/mol. The zero-order valence-electron chi connectivity index (χ0n) is 12.8. The van der Waals surface area contributed by atoms with Gasteiger partial charge < -0.3 is 15.0 Å². The van der Waals surface area contributed by atoms with Crippen molar-refractivity contribution in [1.29, 1.82) is 0 Å². The zero-order valence-corrected chi connectivity index (χ0v) is 12.8. The number of nitrogens with zero attached hydrogens (tertiary/aromatic N) is 2. The van der Waals surface area contributed by atoms with Gasteiger partial charge in [-0.2, -0.15) is 0 Å². The molecule has 20 heavy (non-hydrogen) atoms. The molecule has 0 aliphatic carbocycles. The normalized spacial score (nSPS) is 10.7. The van der Waals surface area contributed by atoms with Crippen LogP contribution in [0.4, 0.5) is 5.69 Å². The lowest BCUT2D eigenvalue weighted by molar-refractivity contribution is 0.0635. The molecule has 0 saturated carbocycles. The van der Waals surface area contributed by atoms with Crippen LogP contribution in [0.15, 0.2) is 18.5 Å². The van der Waals surface area contributed by atoms with Crippen LogP contribution in [0, 0.1) is 0 Å². The number of methoxy groups -OCH3 is 1. The lowest BCUT2D eigenvalue weighted by Gasteiger charge is -2.27. The van der Waals surface area contributed by atoms with E-state index in [-0.39, 0.29) is 11.9 Å². The van der Waals surface area contributed by atoms with Gasteiger partial charge in [-0.15, -0.1) is 0 Å². The Hall–Kier alpha value is -1.62. The molecule has 0 atom stereocenters. The fraction of sp³-hybridized carbons (Fsp3) is 0.600. The molecule has 112 valence electrons. The minimum atomic E-state index is -0.0104. The Labute approximate surface area is 121 Å². The number of rotatable bonds is 8. The second-order valence-electron chi connectivity index (χ2n) is 4.93. The average molecular weight is 279 g/mol. The first kappa shape index (κ1) is 16.4.